The van der Waals surface area contributed by atoms with Gasteiger partial charge in [0.1, 0.15) is 6.61 Å². The molecule has 0 aromatic heterocycles. The van der Waals surface area contributed by atoms with Crippen molar-refractivity contribution in [2.45, 2.75) is 20.8 Å². The topological polar surface area (TPSA) is 48.0 Å². The van der Waals surface area contributed by atoms with Gasteiger partial charge in [-0.2, -0.15) is 0 Å². The molecule has 0 radical (unpaired) electrons. The Kier molecular flexibility index (Phi) is 7.61. The van der Waals surface area contributed by atoms with E-state index in [0.29, 0.717) is 30.3 Å². The predicted molar refractivity (Wildman–Crippen MR) is 82.2 cm³/mol. The number of hydrogen-bond acceptors (Lipinski definition) is 5. The Labute approximate surface area is 126 Å². The minimum atomic E-state index is -0.344. The van der Waals surface area contributed by atoms with Crippen LogP contribution in [0.3, 0.4) is 0 Å². The molecule has 0 aliphatic carbocycles. The average molecular weight is 295 g/mol. The fraction of sp³-hybridized carbons (Fsp3) is 0.562. The highest BCUT2D eigenvalue weighted by atomic mass is 16.5. The van der Waals surface area contributed by atoms with Crippen LogP contribution < -0.4 is 9.47 Å². The van der Waals surface area contributed by atoms with E-state index in [1.165, 1.54) is 0 Å². The van der Waals surface area contributed by atoms with Crippen molar-refractivity contribution in [3.8, 4) is 11.5 Å². The maximum absolute atomic E-state index is 12.0. The number of nitrogens with zero attached hydrogens (tertiary/aromatic N) is 1. The Morgan fingerprint density at radius 2 is 1.86 bits per heavy atom. The second kappa shape index (κ2) is 9.23. The van der Waals surface area contributed by atoms with E-state index in [4.69, 9.17) is 14.2 Å². The van der Waals surface area contributed by atoms with Crippen molar-refractivity contribution in [3.63, 3.8) is 0 Å². The largest absolute Gasteiger partial charge is 0.493 e. The molecule has 118 valence electrons. The molecule has 0 bridgehead atoms. The number of carbonyl (C=O) groups is 1. The molecule has 0 amide bonds. The van der Waals surface area contributed by atoms with Crippen molar-refractivity contribution in [2.24, 2.45) is 0 Å². The first-order valence-electron chi connectivity index (χ1n) is 7.36. The van der Waals surface area contributed by atoms with Gasteiger partial charge in [-0.25, -0.2) is 4.79 Å². The van der Waals surface area contributed by atoms with E-state index in [2.05, 4.69) is 18.7 Å². The van der Waals surface area contributed by atoms with Crippen molar-refractivity contribution >= 4 is 5.97 Å². The van der Waals surface area contributed by atoms with Gasteiger partial charge in [-0.05, 0) is 38.2 Å². The van der Waals surface area contributed by atoms with Crippen molar-refractivity contribution in [2.75, 3.05) is 40.0 Å². The first-order valence-corrected chi connectivity index (χ1v) is 7.36. The molecular formula is C16H25NO4. The molecule has 0 unspecified atom stereocenters. The lowest BCUT2D eigenvalue weighted by Crippen LogP contribution is -2.27. The van der Waals surface area contributed by atoms with Gasteiger partial charge in [-0.15, -0.1) is 0 Å². The monoisotopic (exact) mass is 295 g/mol. The summed E-state index contributed by atoms with van der Waals surface area (Å²) in [7, 11) is 1.55. The third-order valence-electron chi connectivity index (χ3n) is 3.23. The van der Waals surface area contributed by atoms with Crippen molar-refractivity contribution in [3.05, 3.63) is 23.8 Å². The van der Waals surface area contributed by atoms with E-state index < -0.39 is 0 Å². The predicted octanol–water partition coefficient (Wildman–Crippen LogP) is 2.59. The van der Waals surface area contributed by atoms with Crippen LogP contribution >= 0.6 is 0 Å². The smallest absolute Gasteiger partial charge is 0.338 e. The highest BCUT2D eigenvalue weighted by Crippen LogP contribution is 2.28. The SMILES string of the molecule is CCOc1ccc(C(=O)OCCN(CC)CC)cc1OC. The van der Waals surface area contributed by atoms with Gasteiger partial charge in [0.2, 0.25) is 0 Å². The number of benzene rings is 1. The number of esters is 1. The summed E-state index contributed by atoms with van der Waals surface area (Å²) in [5.41, 5.74) is 0.467. The Hall–Kier alpha value is -1.75. The highest BCUT2D eigenvalue weighted by Gasteiger charge is 2.12. The maximum Gasteiger partial charge on any atom is 0.338 e. The molecule has 0 spiro atoms. The summed E-state index contributed by atoms with van der Waals surface area (Å²) in [5, 5.41) is 0. The molecule has 0 saturated heterocycles. The lowest BCUT2D eigenvalue weighted by Gasteiger charge is -2.17. The van der Waals surface area contributed by atoms with Crippen molar-refractivity contribution in [1.29, 1.82) is 0 Å². The minimum absolute atomic E-state index is 0.344. The molecule has 21 heavy (non-hydrogen) atoms. The van der Waals surface area contributed by atoms with E-state index >= 15 is 0 Å². The Bertz CT molecular complexity index is 444. The van der Waals surface area contributed by atoms with Crippen LogP contribution in [0.1, 0.15) is 31.1 Å². The van der Waals surface area contributed by atoms with Crippen LogP contribution in [-0.4, -0.2) is 50.8 Å². The molecule has 0 aliphatic heterocycles. The number of ether oxygens (including phenoxy) is 3. The summed E-state index contributed by atoms with van der Waals surface area (Å²) in [6, 6.07) is 5.06. The van der Waals surface area contributed by atoms with Crippen LogP contribution in [0.2, 0.25) is 0 Å². The van der Waals surface area contributed by atoms with Crippen LogP contribution in [0.15, 0.2) is 18.2 Å². The fourth-order valence-corrected chi connectivity index (χ4v) is 1.96. The zero-order valence-electron chi connectivity index (χ0n) is 13.3. The summed E-state index contributed by atoms with van der Waals surface area (Å²) >= 11 is 0. The van der Waals surface area contributed by atoms with Crippen LogP contribution in [0, 0.1) is 0 Å². The Balaban J connectivity index is 2.61. The fourth-order valence-electron chi connectivity index (χ4n) is 1.96. The molecule has 1 aromatic carbocycles. The molecule has 0 atom stereocenters. The molecule has 1 rings (SSSR count). The van der Waals surface area contributed by atoms with Crippen molar-refractivity contribution in [1.82, 2.24) is 4.90 Å². The molecule has 0 N–H and O–H groups in total. The second-order valence-corrected chi connectivity index (χ2v) is 4.46. The van der Waals surface area contributed by atoms with Crippen LogP contribution in [-0.2, 0) is 4.74 Å². The van der Waals surface area contributed by atoms with Crippen LogP contribution in [0.25, 0.3) is 0 Å². The molecule has 0 heterocycles. The first-order chi connectivity index (χ1) is 10.2. The number of likely N-dealkylation sites (N-methyl/N-ethyl adjacent to an activating group) is 1. The quantitative estimate of drug-likeness (QED) is 0.655. The molecular weight excluding hydrogens is 270 g/mol. The van der Waals surface area contributed by atoms with E-state index in [0.717, 1.165) is 19.6 Å². The van der Waals surface area contributed by atoms with Gasteiger partial charge in [0.05, 0.1) is 19.3 Å². The number of rotatable bonds is 9. The first kappa shape index (κ1) is 17.3. The van der Waals surface area contributed by atoms with E-state index in [1.807, 2.05) is 6.92 Å². The molecule has 0 fully saturated rings. The van der Waals surface area contributed by atoms with Crippen LogP contribution in [0.5, 0.6) is 11.5 Å². The third-order valence-corrected chi connectivity index (χ3v) is 3.23. The maximum atomic E-state index is 12.0. The van der Waals surface area contributed by atoms with Gasteiger partial charge < -0.3 is 19.1 Å². The second-order valence-electron chi connectivity index (χ2n) is 4.46. The molecule has 1 aromatic rings. The molecule has 0 aliphatic rings. The third kappa shape index (κ3) is 5.27. The van der Waals surface area contributed by atoms with E-state index in [9.17, 15) is 4.79 Å². The van der Waals surface area contributed by atoms with Crippen LogP contribution in [0.4, 0.5) is 0 Å². The summed E-state index contributed by atoms with van der Waals surface area (Å²) < 4.78 is 15.9. The van der Waals surface area contributed by atoms with Crippen molar-refractivity contribution < 1.29 is 19.0 Å². The zero-order valence-corrected chi connectivity index (χ0v) is 13.3. The normalized spacial score (nSPS) is 10.5. The standard InChI is InChI=1S/C16H25NO4/c1-5-17(6-2)10-11-21-16(18)13-8-9-14(20-7-3)15(12-13)19-4/h8-9,12H,5-7,10-11H2,1-4H3. The Morgan fingerprint density at radius 3 is 2.43 bits per heavy atom. The van der Waals surface area contributed by atoms with Gasteiger partial charge in [-0.1, -0.05) is 13.8 Å². The summed E-state index contributed by atoms with van der Waals surface area (Å²) in [4.78, 5) is 14.2. The van der Waals surface area contributed by atoms with E-state index in [-0.39, 0.29) is 5.97 Å². The number of methoxy groups -OCH3 is 1. The highest BCUT2D eigenvalue weighted by molar-refractivity contribution is 5.90. The van der Waals surface area contributed by atoms with Gasteiger partial charge in [0.15, 0.2) is 11.5 Å². The summed E-state index contributed by atoms with van der Waals surface area (Å²) in [6.07, 6.45) is 0. The zero-order chi connectivity index (χ0) is 15.7. The van der Waals surface area contributed by atoms with Gasteiger partial charge in [-0.3, -0.25) is 0 Å². The molecule has 0 saturated carbocycles. The lowest BCUT2D eigenvalue weighted by atomic mass is 10.2. The number of hydrogen-bond donors (Lipinski definition) is 0. The molecule has 5 nitrogen and oxygen atoms in total. The van der Waals surface area contributed by atoms with Gasteiger partial charge in [0.25, 0.3) is 0 Å². The summed E-state index contributed by atoms with van der Waals surface area (Å²) in [6.45, 7) is 9.64. The van der Waals surface area contributed by atoms with Gasteiger partial charge in [0, 0.05) is 6.54 Å². The molecule has 5 heteroatoms. The average Bonchev–Trinajstić information content (AvgIpc) is 2.52. The summed E-state index contributed by atoms with van der Waals surface area (Å²) in [5.74, 6) is 0.818. The van der Waals surface area contributed by atoms with Gasteiger partial charge >= 0.3 is 5.97 Å². The minimum Gasteiger partial charge on any atom is -0.493 e. The Morgan fingerprint density at radius 1 is 1.14 bits per heavy atom. The lowest BCUT2D eigenvalue weighted by molar-refractivity contribution is 0.0466. The number of carbonyl (C=O) groups excluding carboxylic acids is 1. The van der Waals surface area contributed by atoms with E-state index in [1.54, 1.807) is 25.3 Å².